The number of benzene rings is 1. The molecule has 1 aromatic rings. The number of ether oxygens (including phenoxy) is 1. The van der Waals surface area contributed by atoms with Gasteiger partial charge in [-0.3, -0.25) is 9.59 Å². The summed E-state index contributed by atoms with van der Waals surface area (Å²) in [7, 11) is 1.52. The van der Waals surface area contributed by atoms with Crippen LogP contribution in [0.1, 0.15) is 20.3 Å². The zero-order valence-electron chi connectivity index (χ0n) is 12.7. The highest BCUT2D eigenvalue weighted by atomic mass is 79.9. The van der Waals surface area contributed by atoms with E-state index >= 15 is 0 Å². The van der Waals surface area contributed by atoms with Crippen LogP contribution in [0.25, 0.3) is 0 Å². The summed E-state index contributed by atoms with van der Waals surface area (Å²) >= 11 is 9.36. The van der Waals surface area contributed by atoms with E-state index in [4.69, 9.17) is 16.3 Å². The number of nitrogens with zero attached hydrogens (tertiary/aromatic N) is 1. The van der Waals surface area contributed by atoms with Crippen LogP contribution in [0.2, 0.25) is 5.02 Å². The van der Waals surface area contributed by atoms with Gasteiger partial charge in [-0.25, -0.2) is 0 Å². The van der Waals surface area contributed by atoms with Gasteiger partial charge in [0.05, 0.1) is 23.2 Å². The fourth-order valence-electron chi connectivity index (χ4n) is 2.50. The number of nitrogens with one attached hydrogen (secondary N) is 1. The Balaban J connectivity index is 2.15. The molecule has 0 radical (unpaired) electrons. The van der Waals surface area contributed by atoms with Gasteiger partial charge in [0, 0.05) is 24.0 Å². The highest BCUT2D eigenvalue weighted by Crippen LogP contribution is 2.36. The van der Waals surface area contributed by atoms with Gasteiger partial charge in [-0.2, -0.15) is 0 Å². The average Bonchev–Trinajstić information content (AvgIpc) is 2.80. The standard InChI is InChI=1S/C15H18BrClN2O3/c1-8(2)19-7-9(4-13(19)20)15(21)18-12-6-10(17)5-11(16)14(12)22-3/h5-6,8-9H,4,7H2,1-3H3,(H,18,21). The number of carbonyl (C=O) groups is 2. The lowest BCUT2D eigenvalue weighted by Crippen LogP contribution is -2.33. The second kappa shape index (κ2) is 6.87. The summed E-state index contributed by atoms with van der Waals surface area (Å²) in [6, 6.07) is 3.41. The topological polar surface area (TPSA) is 58.6 Å². The number of likely N-dealkylation sites (tertiary alicyclic amines) is 1. The third-order valence-corrected chi connectivity index (χ3v) is 4.43. The molecular weight excluding hydrogens is 372 g/mol. The maximum Gasteiger partial charge on any atom is 0.229 e. The molecule has 0 aliphatic carbocycles. The Kier molecular flexibility index (Phi) is 5.34. The quantitative estimate of drug-likeness (QED) is 0.859. The molecule has 1 heterocycles. The molecule has 0 bridgehead atoms. The first-order valence-corrected chi connectivity index (χ1v) is 8.14. The van der Waals surface area contributed by atoms with Crippen molar-refractivity contribution >= 4 is 45.0 Å². The SMILES string of the molecule is COc1c(Br)cc(Cl)cc1NC(=O)C1CC(=O)N(C(C)C)C1. The minimum absolute atomic E-state index is 0.00869. The van der Waals surface area contributed by atoms with E-state index < -0.39 is 0 Å². The number of methoxy groups -OCH3 is 1. The Hall–Kier alpha value is -1.27. The fraction of sp³-hybridized carbons (Fsp3) is 0.467. The van der Waals surface area contributed by atoms with Crippen LogP contribution in [0.3, 0.4) is 0 Å². The molecule has 1 aliphatic rings. The Morgan fingerprint density at radius 3 is 2.73 bits per heavy atom. The molecule has 1 aliphatic heterocycles. The molecule has 0 spiro atoms. The van der Waals surface area contributed by atoms with Crippen molar-refractivity contribution in [3.8, 4) is 5.75 Å². The van der Waals surface area contributed by atoms with Crippen molar-refractivity contribution in [3.63, 3.8) is 0 Å². The first kappa shape index (κ1) is 17.1. The lowest BCUT2D eigenvalue weighted by atomic mass is 10.1. The summed E-state index contributed by atoms with van der Waals surface area (Å²) in [6.07, 6.45) is 0.230. The largest absolute Gasteiger partial charge is 0.493 e. The van der Waals surface area contributed by atoms with Crippen LogP contribution in [-0.4, -0.2) is 36.4 Å². The van der Waals surface area contributed by atoms with Crippen LogP contribution in [0.15, 0.2) is 16.6 Å². The predicted octanol–water partition coefficient (Wildman–Crippen LogP) is 3.31. The second-order valence-corrected chi connectivity index (χ2v) is 6.79. The van der Waals surface area contributed by atoms with Gasteiger partial charge < -0.3 is 15.0 Å². The average molecular weight is 390 g/mol. The fourth-order valence-corrected chi connectivity index (χ4v) is 3.47. The van der Waals surface area contributed by atoms with E-state index in [-0.39, 0.29) is 30.2 Å². The molecule has 1 N–H and O–H groups in total. The van der Waals surface area contributed by atoms with Crippen molar-refractivity contribution in [1.82, 2.24) is 4.90 Å². The van der Waals surface area contributed by atoms with Crippen LogP contribution in [0.5, 0.6) is 5.75 Å². The van der Waals surface area contributed by atoms with Crippen molar-refractivity contribution in [1.29, 1.82) is 0 Å². The molecular formula is C15H18BrClN2O3. The highest BCUT2D eigenvalue weighted by Gasteiger charge is 2.35. The van der Waals surface area contributed by atoms with E-state index in [9.17, 15) is 9.59 Å². The predicted molar refractivity (Wildman–Crippen MR) is 89.3 cm³/mol. The summed E-state index contributed by atoms with van der Waals surface area (Å²) in [4.78, 5) is 26.0. The van der Waals surface area contributed by atoms with Gasteiger partial charge in [0.25, 0.3) is 0 Å². The highest BCUT2D eigenvalue weighted by molar-refractivity contribution is 9.10. The molecule has 1 fully saturated rings. The minimum atomic E-state index is -0.364. The third kappa shape index (κ3) is 3.55. The summed E-state index contributed by atoms with van der Waals surface area (Å²) in [5.74, 6) is -0.0569. The maximum absolute atomic E-state index is 12.4. The van der Waals surface area contributed by atoms with Gasteiger partial charge in [-0.05, 0) is 41.9 Å². The summed E-state index contributed by atoms with van der Waals surface area (Å²) < 4.78 is 5.93. The van der Waals surface area contributed by atoms with E-state index in [1.54, 1.807) is 17.0 Å². The molecule has 120 valence electrons. The number of hydrogen-bond donors (Lipinski definition) is 1. The smallest absolute Gasteiger partial charge is 0.229 e. The summed E-state index contributed by atoms with van der Waals surface area (Å²) in [6.45, 7) is 4.32. The van der Waals surface area contributed by atoms with Gasteiger partial charge in [0.2, 0.25) is 11.8 Å². The lowest BCUT2D eigenvalue weighted by Gasteiger charge is -2.21. The van der Waals surface area contributed by atoms with Crippen LogP contribution in [0.4, 0.5) is 5.69 Å². The van der Waals surface area contributed by atoms with E-state index in [1.807, 2.05) is 13.8 Å². The van der Waals surface area contributed by atoms with Crippen LogP contribution in [0, 0.1) is 5.92 Å². The number of amides is 2. The van der Waals surface area contributed by atoms with Gasteiger partial charge in [0.15, 0.2) is 5.75 Å². The van der Waals surface area contributed by atoms with Gasteiger partial charge in [-0.15, -0.1) is 0 Å². The Morgan fingerprint density at radius 1 is 1.50 bits per heavy atom. The molecule has 22 heavy (non-hydrogen) atoms. The number of rotatable bonds is 4. The zero-order valence-corrected chi connectivity index (χ0v) is 15.0. The second-order valence-electron chi connectivity index (χ2n) is 5.50. The molecule has 2 rings (SSSR count). The number of anilines is 1. The van der Waals surface area contributed by atoms with E-state index in [2.05, 4.69) is 21.2 Å². The zero-order chi connectivity index (χ0) is 16.4. The number of hydrogen-bond acceptors (Lipinski definition) is 3. The van der Waals surface area contributed by atoms with E-state index in [0.717, 1.165) is 0 Å². The molecule has 2 amide bonds. The van der Waals surface area contributed by atoms with Crippen LogP contribution >= 0.6 is 27.5 Å². The number of carbonyl (C=O) groups excluding carboxylic acids is 2. The van der Waals surface area contributed by atoms with Crippen molar-refractivity contribution in [2.75, 3.05) is 19.0 Å². The molecule has 1 atom stereocenters. The van der Waals surface area contributed by atoms with Crippen molar-refractivity contribution < 1.29 is 14.3 Å². The Morgan fingerprint density at radius 2 is 2.18 bits per heavy atom. The van der Waals surface area contributed by atoms with E-state index in [1.165, 1.54) is 7.11 Å². The molecule has 5 nitrogen and oxygen atoms in total. The van der Waals surface area contributed by atoms with Crippen LogP contribution in [-0.2, 0) is 9.59 Å². The summed E-state index contributed by atoms with van der Waals surface area (Å²) in [5.41, 5.74) is 0.488. The Bertz CT molecular complexity index is 607. The molecule has 1 unspecified atom stereocenters. The monoisotopic (exact) mass is 388 g/mol. The third-order valence-electron chi connectivity index (χ3n) is 3.62. The van der Waals surface area contributed by atoms with Crippen molar-refractivity contribution in [2.24, 2.45) is 5.92 Å². The molecule has 0 aromatic heterocycles. The van der Waals surface area contributed by atoms with Gasteiger partial charge >= 0.3 is 0 Å². The summed E-state index contributed by atoms with van der Waals surface area (Å²) in [5, 5.41) is 3.29. The first-order valence-electron chi connectivity index (χ1n) is 6.96. The van der Waals surface area contributed by atoms with Crippen molar-refractivity contribution in [3.05, 3.63) is 21.6 Å². The lowest BCUT2D eigenvalue weighted by molar-refractivity contribution is -0.129. The Labute approximate surface area is 143 Å². The molecule has 0 saturated carbocycles. The van der Waals surface area contributed by atoms with Crippen LogP contribution < -0.4 is 10.1 Å². The van der Waals surface area contributed by atoms with Crippen molar-refractivity contribution in [2.45, 2.75) is 26.3 Å². The first-order chi connectivity index (χ1) is 10.3. The molecule has 7 heteroatoms. The molecule has 1 aromatic carbocycles. The van der Waals surface area contributed by atoms with Gasteiger partial charge in [-0.1, -0.05) is 11.6 Å². The molecule has 1 saturated heterocycles. The maximum atomic E-state index is 12.4. The minimum Gasteiger partial charge on any atom is -0.493 e. The normalized spacial score (nSPS) is 18.0. The number of halogens is 2. The van der Waals surface area contributed by atoms with Gasteiger partial charge in [0.1, 0.15) is 0 Å². The van der Waals surface area contributed by atoms with E-state index in [0.29, 0.717) is 27.5 Å².